The van der Waals surface area contributed by atoms with Crippen molar-refractivity contribution in [3.8, 4) is 0 Å². The molecule has 0 aromatic rings. The summed E-state index contributed by atoms with van der Waals surface area (Å²) in [5, 5.41) is 0. The van der Waals surface area contributed by atoms with E-state index in [2.05, 4.69) is 32.9 Å². The topological polar surface area (TPSA) is 0 Å². The fourth-order valence-electron chi connectivity index (χ4n) is 1.94. The van der Waals surface area contributed by atoms with E-state index >= 15 is 0 Å². The lowest BCUT2D eigenvalue weighted by Gasteiger charge is -2.06. The Hall–Kier alpha value is -0.330. The van der Waals surface area contributed by atoms with Gasteiger partial charge in [-0.25, -0.2) is 4.39 Å². The molecule has 0 nitrogen and oxygen atoms in total. The van der Waals surface area contributed by atoms with Crippen LogP contribution in [-0.2, 0) is 0 Å². The summed E-state index contributed by atoms with van der Waals surface area (Å²) in [6.07, 6.45) is 11.8. The van der Waals surface area contributed by atoms with Gasteiger partial charge >= 0.3 is 0 Å². The zero-order valence-corrected chi connectivity index (χ0v) is 12.6. The number of allylic oxidation sites excluding steroid dienone is 2. The fraction of sp³-hybridized carbons (Fsp3) is 0.875. The molecule has 0 spiro atoms. The SMILES string of the molecule is C/C=C\CCCC.CC.CCC1CCCC1F. The van der Waals surface area contributed by atoms with Crippen LogP contribution in [0.5, 0.6) is 0 Å². The van der Waals surface area contributed by atoms with Crippen LogP contribution in [0.1, 0.15) is 79.6 Å². The van der Waals surface area contributed by atoms with Crippen molar-refractivity contribution in [2.75, 3.05) is 0 Å². The minimum atomic E-state index is -0.472. The maximum atomic E-state index is 12.6. The van der Waals surface area contributed by atoms with E-state index in [0.29, 0.717) is 5.92 Å². The lowest BCUT2D eigenvalue weighted by atomic mass is 10.0. The van der Waals surface area contributed by atoms with Gasteiger partial charge in [0.2, 0.25) is 0 Å². The Morgan fingerprint density at radius 3 is 2.12 bits per heavy atom. The highest BCUT2D eigenvalue weighted by Crippen LogP contribution is 2.30. The van der Waals surface area contributed by atoms with Gasteiger partial charge in [0.15, 0.2) is 0 Å². The molecule has 0 aliphatic heterocycles. The van der Waals surface area contributed by atoms with E-state index in [9.17, 15) is 4.39 Å². The van der Waals surface area contributed by atoms with Crippen LogP contribution in [0.15, 0.2) is 12.2 Å². The van der Waals surface area contributed by atoms with Crippen LogP contribution in [0.25, 0.3) is 0 Å². The first kappa shape index (κ1) is 19.0. The molecule has 0 radical (unpaired) electrons. The van der Waals surface area contributed by atoms with E-state index in [4.69, 9.17) is 0 Å². The van der Waals surface area contributed by atoms with Gasteiger partial charge in [0, 0.05) is 0 Å². The molecule has 1 saturated carbocycles. The van der Waals surface area contributed by atoms with Gasteiger partial charge in [0.05, 0.1) is 0 Å². The quantitative estimate of drug-likeness (QED) is 0.401. The second kappa shape index (κ2) is 15.7. The maximum Gasteiger partial charge on any atom is 0.103 e. The third kappa shape index (κ3) is 11.9. The van der Waals surface area contributed by atoms with Crippen molar-refractivity contribution in [2.24, 2.45) is 5.92 Å². The van der Waals surface area contributed by atoms with Crippen LogP contribution < -0.4 is 0 Å². The molecule has 0 N–H and O–H groups in total. The number of unbranched alkanes of at least 4 members (excludes halogenated alkanes) is 2. The highest BCUT2D eigenvalue weighted by Gasteiger charge is 2.24. The summed E-state index contributed by atoms with van der Waals surface area (Å²) in [6.45, 7) is 10.3. The number of halogens is 1. The molecule has 1 aliphatic rings. The highest BCUT2D eigenvalue weighted by molar-refractivity contribution is 4.76. The minimum absolute atomic E-state index is 0.398. The monoisotopic (exact) mass is 244 g/mol. The standard InChI is InChI=1S/C7H13F.C7H14.C2H6/c1-2-6-4-3-5-7(6)8;1-3-5-7-6-4-2;1-2/h6-7H,2-5H2,1H3;3,5H,4,6-7H2,1-2H3;1-2H3/b;5-3-;. The number of rotatable bonds is 4. The van der Waals surface area contributed by atoms with Crippen molar-refractivity contribution in [3.05, 3.63) is 12.2 Å². The van der Waals surface area contributed by atoms with Gasteiger partial charge in [-0.05, 0) is 32.1 Å². The molecule has 1 aliphatic carbocycles. The first-order chi connectivity index (χ1) is 8.26. The van der Waals surface area contributed by atoms with Crippen molar-refractivity contribution in [1.82, 2.24) is 0 Å². The van der Waals surface area contributed by atoms with Crippen LogP contribution >= 0.6 is 0 Å². The van der Waals surface area contributed by atoms with Crippen molar-refractivity contribution in [2.45, 2.75) is 85.7 Å². The number of alkyl halides is 1. The Morgan fingerprint density at radius 1 is 1.18 bits per heavy atom. The van der Waals surface area contributed by atoms with Gasteiger partial charge in [-0.2, -0.15) is 0 Å². The lowest BCUT2D eigenvalue weighted by Crippen LogP contribution is -2.05. The number of hydrogen-bond acceptors (Lipinski definition) is 0. The summed E-state index contributed by atoms with van der Waals surface area (Å²) in [7, 11) is 0. The Kier molecular flexibility index (Phi) is 17.5. The van der Waals surface area contributed by atoms with E-state index in [1.54, 1.807) is 0 Å². The molecular weight excluding hydrogens is 211 g/mol. The first-order valence-corrected chi connectivity index (χ1v) is 7.51. The average molecular weight is 244 g/mol. The summed E-state index contributed by atoms with van der Waals surface area (Å²) in [6, 6.07) is 0. The van der Waals surface area contributed by atoms with E-state index in [1.165, 1.54) is 19.3 Å². The zero-order valence-electron chi connectivity index (χ0n) is 12.6. The molecule has 2 atom stereocenters. The van der Waals surface area contributed by atoms with Gasteiger partial charge in [-0.3, -0.25) is 0 Å². The molecule has 104 valence electrons. The third-order valence-corrected chi connectivity index (χ3v) is 3.05. The number of hydrogen-bond donors (Lipinski definition) is 0. The average Bonchev–Trinajstić information content (AvgIpc) is 2.79. The minimum Gasteiger partial charge on any atom is -0.247 e. The summed E-state index contributed by atoms with van der Waals surface area (Å²) in [4.78, 5) is 0. The molecule has 1 rings (SSSR count). The van der Waals surface area contributed by atoms with Crippen molar-refractivity contribution >= 4 is 0 Å². The highest BCUT2D eigenvalue weighted by atomic mass is 19.1. The maximum absolute atomic E-state index is 12.6. The van der Waals surface area contributed by atoms with Crippen molar-refractivity contribution in [3.63, 3.8) is 0 Å². The molecule has 1 heteroatoms. The van der Waals surface area contributed by atoms with E-state index in [0.717, 1.165) is 25.7 Å². The van der Waals surface area contributed by atoms with Gasteiger partial charge in [0.1, 0.15) is 6.17 Å². The molecule has 2 unspecified atom stereocenters. The summed E-state index contributed by atoms with van der Waals surface area (Å²) in [5.41, 5.74) is 0. The van der Waals surface area contributed by atoms with Crippen LogP contribution in [0.2, 0.25) is 0 Å². The smallest absolute Gasteiger partial charge is 0.103 e. The predicted octanol–water partition coefficient (Wildman–Crippen LogP) is 6.31. The van der Waals surface area contributed by atoms with Crippen molar-refractivity contribution < 1.29 is 4.39 Å². The van der Waals surface area contributed by atoms with Crippen molar-refractivity contribution in [1.29, 1.82) is 0 Å². The molecule has 0 amide bonds. The molecule has 0 heterocycles. The normalized spacial score (nSPS) is 22.7. The molecule has 0 saturated heterocycles. The fourth-order valence-corrected chi connectivity index (χ4v) is 1.94. The third-order valence-electron chi connectivity index (χ3n) is 3.05. The Balaban J connectivity index is 0. The molecule has 1 fully saturated rings. The van der Waals surface area contributed by atoms with E-state index in [1.807, 2.05) is 13.8 Å². The zero-order chi connectivity index (χ0) is 13.5. The van der Waals surface area contributed by atoms with Gasteiger partial charge < -0.3 is 0 Å². The summed E-state index contributed by atoms with van der Waals surface area (Å²) >= 11 is 0. The van der Waals surface area contributed by atoms with Crippen LogP contribution in [-0.4, -0.2) is 6.17 Å². The Morgan fingerprint density at radius 2 is 1.82 bits per heavy atom. The van der Waals surface area contributed by atoms with Gasteiger partial charge in [0.25, 0.3) is 0 Å². The van der Waals surface area contributed by atoms with Gasteiger partial charge in [-0.1, -0.05) is 65.5 Å². The molecule has 0 bridgehead atoms. The Bertz CT molecular complexity index is 152. The van der Waals surface area contributed by atoms with Crippen LogP contribution in [0.4, 0.5) is 4.39 Å². The second-order valence-corrected chi connectivity index (χ2v) is 4.33. The Labute approximate surface area is 109 Å². The lowest BCUT2D eigenvalue weighted by molar-refractivity contribution is 0.258. The molecule has 17 heavy (non-hydrogen) atoms. The molecular formula is C16H33F. The second-order valence-electron chi connectivity index (χ2n) is 4.33. The summed E-state index contributed by atoms with van der Waals surface area (Å²) in [5.74, 6) is 0.398. The van der Waals surface area contributed by atoms with E-state index < -0.39 is 6.17 Å². The molecule has 0 aromatic heterocycles. The van der Waals surface area contributed by atoms with Gasteiger partial charge in [-0.15, -0.1) is 0 Å². The largest absolute Gasteiger partial charge is 0.247 e. The first-order valence-electron chi connectivity index (χ1n) is 7.51. The van der Waals surface area contributed by atoms with Crippen LogP contribution in [0, 0.1) is 5.92 Å². The molecule has 0 aromatic carbocycles. The predicted molar refractivity (Wildman–Crippen MR) is 78.2 cm³/mol. The van der Waals surface area contributed by atoms with E-state index in [-0.39, 0.29) is 0 Å². The van der Waals surface area contributed by atoms with Crippen LogP contribution in [0.3, 0.4) is 0 Å². The summed E-state index contributed by atoms with van der Waals surface area (Å²) < 4.78 is 12.6.